The molecule has 0 heterocycles. The minimum absolute atomic E-state index is 0.218. The molecular formula is C23H29BrN2O3. The second kappa shape index (κ2) is 13.0. The first-order valence-corrected chi connectivity index (χ1v) is 10.9. The summed E-state index contributed by atoms with van der Waals surface area (Å²) in [4.78, 5) is 11.0. The van der Waals surface area contributed by atoms with E-state index in [1.54, 1.807) is 24.4 Å². The molecule has 0 amide bonds. The van der Waals surface area contributed by atoms with Gasteiger partial charge >= 0.3 is 5.97 Å². The van der Waals surface area contributed by atoms with Gasteiger partial charge < -0.3 is 9.84 Å². The predicted molar refractivity (Wildman–Crippen MR) is 122 cm³/mol. The van der Waals surface area contributed by atoms with Crippen LogP contribution in [-0.4, -0.2) is 23.9 Å². The SMILES string of the molecule is CCCCCCCCCOc1ccc(C=NNc2cccc(C(=O)O)c2)cc1Br. The van der Waals surface area contributed by atoms with Gasteiger partial charge in [-0.1, -0.05) is 51.5 Å². The Bertz CT molecular complexity index is 808. The van der Waals surface area contributed by atoms with Crippen molar-refractivity contribution in [1.82, 2.24) is 0 Å². The lowest BCUT2D eigenvalue weighted by Gasteiger charge is -2.09. The van der Waals surface area contributed by atoms with Crippen molar-refractivity contribution >= 4 is 33.8 Å². The summed E-state index contributed by atoms with van der Waals surface area (Å²) in [5.74, 6) is -0.135. The molecule has 0 saturated heterocycles. The summed E-state index contributed by atoms with van der Waals surface area (Å²) in [6.45, 7) is 2.96. The molecule has 0 spiro atoms. The van der Waals surface area contributed by atoms with E-state index in [1.165, 1.54) is 44.6 Å². The van der Waals surface area contributed by atoms with Gasteiger partial charge in [-0.05, 0) is 64.3 Å². The quantitative estimate of drug-likeness (QED) is 0.197. The summed E-state index contributed by atoms with van der Waals surface area (Å²) in [5, 5.41) is 13.2. The largest absolute Gasteiger partial charge is 0.492 e. The molecule has 6 heteroatoms. The number of benzene rings is 2. The molecule has 0 aliphatic heterocycles. The smallest absolute Gasteiger partial charge is 0.335 e. The zero-order valence-electron chi connectivity index (χ0n) is 16.9. The Labute approximate surface area is 181 Å². The number of hydrazone groups is 1. The molecule has 0 saturated carbocycles. The number of nitrogens with zero attached hydrogens (tertiary/aromatic N) is 1. The van der Waals surface area contributed by atoms with Crippen molar-refractivity contribution in [3.05, 3.63) is 58.1 Å². The average Bonchev–Trinajstić information content (AvgIpc) is 2.71. The van der Waals surface area contributed by atoms with E-state index in [1.807, 2.05) is 18.2 Å². The van der Waals surface area contributed by atoms with Crippen LogP contribution < -0.4 is 10.2 Å². The molecule has 2 rings (SSSR count). The second-order valence-corrected chi connectivity index (χ2v) is 7.77. The van der Waals surface area contributed by atoms with Crippen molar-refractivity contribution in [2.24, 2.45) is 5.10 Å². The van der Waals surface area contributed by atoms with Crippen LogP contribution >= 0.6 is 15.9 Å². The molecule has 29 heavy (non-hydrogen) atoms. The van der Waals surface area contributed by atoms with E-state index < -0.39 is 5.97 Å². The van der Waals surface area contributed by atoms with Gasteiger partial charge in [0.15, 0.2) is 0 Å². The predicted octanol–water partition coefficient (Wildman–Crippen LogP) is 6.72. The molecule has 0 aliphatic rings. The Hall–Kier alpha value is -2.34. The van der Waals surface area contributed by atoms with Crippen molar-refractivity contribution in [3.8, 4) is 5.75 Å². The summed E-state index contributed by atoms with van der Waals surface area (Å²) in [5.41, 5.74) is 4.59. The highest BCUT2D eigenvalue weighted by Gasteiger charge is 2.03. The molecule has 156 valence electrons. The number of halogens is 1. The van der Waals surface area contributed by atoms with Crippen LogP contribution in [0.3, 0.4) is 0 Å². The third-order valence-electron chi connectivity index (χ3n) is 4.48. The molecule has 2 aromatic carbocycles. The number of nitrogens with one attached hydrogen (secondary N) is 1. The molecule has 2 N–H and O–H groups in total. The van der Waals surface area contributed by atoms with Gasteiger partial charge in [-0.2, -0.15) is 5.10 Å². The third kappa shape index (κ3) is 8.69. The van der Waals surface area contributed by atoms with Crippen molar-refractivity contribution in [1.29, 1.82) is 0 Å². The van der Waals surface area contributed by atoms with Gasteiger partial charge in [0.1, 0.15) is 5.75 Å². The van der Waals surface area contributed by atoms with E-state index in [-0.39, 0.29) is 5.56 Å². The van der Waals surface area contributed by atoms with Crippen LogP contribution in [-0.2, 0) is 0 Å². The van der Waals surface area contributed by atoms with Crippen LogP contribution in [0, 0.1) is 0 Å². The number of hydrogen-bond donors (Lipinski definition) is 2. The van der Waals surface area contributed by atoms with E-state index in [9.17, 15) is 4.79 Å². The summed E-state index contributed by atoms with van der Waals surface area (Å²) in [6, 6.07) is 12.3. The van der Waals surface area contributed by atoms with E-state index in [4.69, 9.17) is 9.84 Å². The van der Waals surface area contributed by atoms with Gasteiger partial charge in [-0.15, -0.1) is 0 Å². The van der Waals surface area contributed by atoms with Crippen LogP contribution in [0.5, 0.6) is 5.75 Å². The number of carboxylic acids is 1. The Kier molecular flexibility index (Phi) is 10.3. The molecule has 0 unspecified atom stereocenters. The Morgan fingerprint density at radius 1 is 1.10 bits per heavy atom. The maximum Gasteiger partial charge on any atom is 0.335 e. The lowest BCUT2D eigenvalue weighted by atomic mass is 10.1. The fraction of sp³-hybridized carbons (Fsp3) is 0.391. The monoisotopic (exact) mass is 460 g/mol. The number of hydrogen-bond acceptors (Lipinski definition) is 4. The van der Waals surface area contributed by atoms with E-state index >= 15 is 0 Å². The average molecular weight is 461 g/mol. The highest BCUT2D eigenvalue weighted by molar-refractivity contribution is 9.10. The summed E-state index contributed by atoms with van der Waals surface area (Å²) in [6.07, 6.45) is 10.5. The van der Waals surface area contributed by atoms with E-state index in [2.05, 4.69) is 33.4 Å². The molecule has 2 aromatic rings. The van der Waals surface area contributed by atoms with Crippen molar-refractivity contribution in [2.45, 2.75) is 51.9 Å². The second-order valence-electron chi connectivity index (χ2n) is 6.92. The van der Waals surface area contributed by atoms with Crippen molar-refractivity contribution < 1.29 is 14.6 Å². The summed E-state index contributed by atoms with van der Waals surface area (Å²) >= 11 is 3.55. The van der Waals surface area contributed by atoms with Crippen molar-refractivity contribution in [2.75, 3.05) is 12.0 Å². The highest BCUT2D eigenvalue weighted by Crippen LogP contribution is 2.26. The molecule has 0 bridgehead atoms. The molecule has 0 aromatic heterocycles. The lowest BCUT2D eigenvalue weighted by Crippen LogP contribution is -1.99. The van der Waals surface area contributed by atoms with Gasteiger partial charge in [0.25, 0.3) is 0 Å². The van der Waals surface area contributed by atoms with Gasteiger partial charge in [0, 0.05) is 0 Å². The number of anilines is 1. The standard InChI is InChI=1S/C23H29BrN2O3/c1-2-3-4-5-6-7-8-14-29-22-13-12-18(15-21(22)24)17-25-26-20-11-9-10-19(16-20)23(27)28/h9-13,15-17,26H,2-8,14H2,1H3,(H,27,28). The number of unbranched alkanes of at least 4 members (excludes halogenated alkanes) is 6. The number of carboxylic acid groups (broad SMARTS) is 1. The van der Waals surface area contributed by atoms with E-state index in [0.717, 1.165) is 28.8 Å². The molecule has 0 radical (unpaired) electrons. The molecule has 0 fully saturated rings. The van der Waals surface area contributed by atoms with Crippen LogP contribution in [0.2, 0.25) is 0 Å². The Morgan fingerprint density at radius 2 is 1.86 bits per heavy atom. The van der Waals surface area contributed by atoms with Crippen molar-refractivity contribution in [3.63, 3.8) is 0 Å². The number of rotatable bonds is 13. The highest BCUT2D eigenvalue weighted by atomic mass is 79.9. The van der Waals surface area contributed by atoms with Crippen LogP contribution in [0.4, 0.5) is 5.69 Å². The fourth-order valence-electron chi connectivity index (χ4n) is 2.86. The molecular weight excluding hydrogens is 432 g/mol. The summed E-state index contributed by atoms with van der Waals surface area (Å²) in [7, 11) is 0. The first-order valence-electron chi connectivity index (χ1n) is 10.1. The topological polar surface area (TPSA) is 70.9 Å². The minimum atomic E-state index is -0.964. The van der Waals surface area contributed by atoms with Gasteiger partial charge in [-0.3, -0.25) is 5.43 Å². The first kappa shape index (κ1) is 22.9. The fourth-order valence-corrected chi connectivity index (χ4v) is 3.37. The zero-order chi connectivity index (χ0) is 20.9. The van der Waals surface area contributed by atoms with Gasteiger partial charge in [-0.25, -0.2) is 4.79 Å². The number of carbonyl (C=O) groups is 1. The zero-order valence-corrected chi connectivity index (χ0v) is 18.5. The van der Waals surface area contributed by atoms with Gasteiger partial charge in [0.2, 0.25) is 0 Å². The maximum atomic E-state index is 11.0. The lowest BCUT2D eigenvalue weighted by molar-refractivity contribution is 0.0697. The molecule has 5 nitrogen and oxygen atoms in total. The van der Waals surface area contributed by atoms with Crippen LogP contribution in [0.25, 0.3) is 0 Å². The molecule has 0 aliphatic carbocycles. The Balaban J connectivity index is 1.76. The van der Waals surface area contributed by atoms with E-state index in [0.29, 0.717) is 5.69 Å². The third-order valence-corrected chi connectivity index (χ3v) is 5.10. The van der Waals surface area contributed by atoms with Gasteiger partial charge in [0.05, 0.1) is 28.5 Å². The molecule has 0 atom stereocenters. The number of aromatic carboxylic acids is 1. The Morgan fingerprint density at radius 3 is 2.59 bits per heavy atom. The van der Waals surface area contributed by atoms with Crippen LogP contribution in [0.1, 0.15) is 67.8 Å². The summed E-state index contributed by atoms with van der Waals surface area (Å²) < 4.78 is 6.75. The minimum Gasteiger partial charge on any atom is -0.492 e. The first-order chi connectivity index (χ1) is 14.1. The normalized spacial score (nSPS) is 11.0. The van der Waals surface area contributed by atoms with Crippen LogP contribution in [0.15, 0.2) is 52.0 Å². The maximum absolute atomic E-state index is 11.0. The number of ether oxygens (including phenoxy) is 1.